The summed E-state index contributed by atoms with van der Waals surface area (Å²) in [6.45, 7) is 4.34. The molecule has 2 aromatic rings. The van der Waals surface area contributed by atoms with Gasteiger partial charge in [0.25, 0.3) is 0 Å². The molecule has 106 valence electrons. The summed E-state index contributed by atoms with van der Waals surface area (Å²) in [6, 6.07) is 8.07. The molecule has 1 atom stereocenters. The van der Waals surface area contributed by atoms with Crippen molar-refractivity contribution in [1.82, 2.24) is 15.6 Å². The molecule has 5 heteroatoms. The number of benzene rings is 1. The minimum Gasteiger partial charge on any atom is -0.349 e. The molecule has 1 unspecified atom stereocenters. The van der Waals surface area contributed by atoms with E-state index in [1.807, 2.05) is 18.2 Å². The van der Waals surface area contributed by atoms with E-state index in [1.54, 1.807) is 11.3 Å². The Labute approximate surface area is 122 Å². The summed E-state index contributed by atoms with van der Waals surface area (Å²) in [4.78, 5) is 17.0. The van der Waals surface area contributed by atoms with Crippen molar-refractivity contribution in [2.45, 2.75) is 26.3 Å². The molecule has 1 aliphatic rings. The molecule has 2 heterocycles. The minimum atomic E-state index is -0.226. The van der Waals surface area contributed by atoms with Gasteiger partial charge in [0.1, 0.15) is 5.01 Å². The second-order valence-corrected chi connectivity index (χ2v) is 6.43. The van der Waals surface area contributed by atoms with Crippen molar-refractivity contribution >= 4 is 27.5 Å². The van der Waals surface area contributed by atoms with Crippen LogP contribution in [0.15, 0.2) is 24.3 Å². The van der Waals surface area contributed by atoms with Gasteiger partial charge in [0, 0.05) is 6.54 Å². The minimum absolute atomic E-state index is 0.157. The van der Waals surface area contributed by atoms with Gasteiger partial charge in [0.05, 0.1) is 22.2 Å². The molecule has 1 amide bonds. The van der Waals surface area contributed by atoms with Crippen molar-refractivity contribution < 1.29 is 4.79 Å². The van der Waals surface area contributed by atoms with Crippen LogP contribution in [0.3, 0.4) is 0 Å². The Kier molecular flexibility index (Phi) is 3.72. The predicted molar refractivity (Wildman–Crippen MR) is 81.7 cm³/mol. The maximum Gasteiger partial charge on any atom is 0.227 e. The highest BCUT2D eigenvalue weighted by atomic mass is 32.1. The van der Waals surface area contributed by atoms with E-state index in [9.17, 15) is 4.79 Å². The maximum absolute atomic E-state index is 12.4. The first kappa shape index (κ1) is 13.5. The Hall–Kier alpha value is -1.46. The van der Waals surface area contributed by atoms with Crippen molar-refractivity contribution in [2.24, 2.45) is 5.41 Å². The van der Waals surface area contributed by atoms with Gasteiger partial charge in [-0.05, 0) is 31.5 Å². The molecule has 20 heavy (non-hydrogen) atoms. The number of hydrogen-bond donors (Lipinski definition) is 2. The van der Waals surface area contributed by atoms with Crippen molar-refractivity contribution in [2.75, 3.05) is 13.1 Å². The van der Waals surface area contributed by atoms with Crippen LogP contribution in [0, 0.1) is 5.41 Å². The number of aromatic nitrogens is 1. The van der Waals surface area contributed by atoms with Gasteiger partial charge >= 0.3 is 0 Å². The lowest BCUT2D eigenvalue weighted by molar-refractivity contribution is -0.130. The second kappa shape index (κ2) is 5.50. The Morgan fingerprint density at radius 1 is 1.50 bits per heavy atom. The molecule has 0 spiro atoms. The molecule has 0 aliphatic carbocycles. The zero-order chi connectivity index (χ0) is 14.0. The van der Waals surface area contributed by atoms with Crippen LogP contribution in [-0.2, 0) is 11.3 Å². The van der Waals surface area contributed by atoms with Gasteiger partial charge in [-0.2, -0.15) is 0 Å². The Balaban J connectivity index is 1.68. The van der Waals surface area contributed by atoms with Crippen LogP contribution in [0.2, 0.25) is 0 Å². The zero-order valence-corrected chi connectivity index (χ0v) is 12.4. The third-order valence-corrected chi connectivity index (χ3v) is 5.18. The molecule has 1 aromatic heterocycles. The fourth-order valence-corrected chi connectivity index (χ4v) is 3.65. The summed E-state index contributed by atoms with van der Waals surface area (Å²) >= 11 is 1.65. The number of para-hydroxylation sites is 1. The average Bonchev–Trinajstić information content (AvgIpc) is 3.11. The first-order valence-corrected chi connectivity index (χ1v) is 7.89. The van der Waals surface area contributed by atoms with E-state index in [1.165, 1.54) is 4.70 Å². The molecule has 0 saturated carbocycles. The van der Waals surface area contributed by atoms with E-state index in [0.29, 0.717) is 6.54 Å². The van der Waals surface area contributed by atoms with Crippen LogP contribution < -0.4 is 10.6 Å². The van der Waals surface area contributed by atoms with E-state index >= 15 is 0 Å². The molecule has 3 rings (SSSR count). The Morgan fingerprint density at radius 3 is 3.05 bits per heavy atom. The average molecular weight is 289 g/mol. The fraction of sp³-hybridized carbons (Fsp3) is 0.467. The summed E-state index contributed by atoms with van der Waals surface area (Å²) in [5.41, 5.74) is 0.783. The molecule has 0 radical (unpaired) electrons. The van der Waals surface area contributed by atoms with E-state index < -0.39 is 0 Å². The Morgan fingerprint density at radius 2 is 2.35 bits per heavy atom. The summed E-state index contributed by atoms with van der Waals surface area (Å²) in [5.74, 6) is 0.157. The van der Waals surface area contributed by atoms with Crippen molar-refractivity contribution in [3.8, 4) is 0 Å². The van der Waals surface area contributed by atoms with Crippen LogP contribution in [0.4, 0.5) is 0 Å². The quantitative estimate of drug-likeness (QED) is 0.908. The molecule has 0 bridgehead atoms. The van der Waals surface area contributed by atoms with Gasteiger partial charge in [-0.1, -0.05) is 19.1 Å². The second-order valence-electron chi connectivity index (χ2n) is 5.32. The van der Waals surface area contributed by atoms with Gasteiger partial charge in [0.15, 0.2) is 0 Å². The first-order valence-electron chi connectivity index (χ1n) is 7.07. The summed E-state index contributed by atoms with van der Waals surface area (Å²) < 4.78 is 1.17. The van der Waals surface area contributed by atoms with E-state index in [-0.39, 0.29) is 11.3 Å². The number of carbonyl (C=O) groups excluding carboxylic acids is 1. The van der Waals surface area contributed by atoms with Crippen LogP contribution in [0.1, 0.15) is 24.8 Å². The Bertz CT molecular complexity index is 583. The van der Waals surface area contributed by atoms with Crippen LogP contribution >= 0.6 is 11.3 Å². The van der Waals surface area contributed by atoms with Gasteiger partial charge in [0.2, 0.25) is 5.91 Å². The lowest BCUT2D eigenvalue weighted by Gasteiger charge is -2.24. The van der Waals surface area contributed by atoms with Gasteiger partial charge in [-0.25, -0.2) is 4.98 Å². The van der Waals surface area contributed by atoms with Crippen molar-refractivity contribution in [3.63, 3.8) is 0 Å². The third kappa shape index (κ3) is 2.43. The molecule has 2 N–H and O–H groups in total. The smallest absolute Gasteiger partial charge is 0.227 e. The van der Waals surface area contributed by atoms with Crippen molar-refractivity contribution in [1.29, 1.82) is 0 Å². The van der Waals surface area contributed by atoms with Gasteiger partial charge in [-0.15, -0.1) is 11.3 Å². The fourth-order valence-electron chi connectivity index (χ4n) is 2.74. The van der Waals surface area contributed by atoms with Gasteiger partial charge < -0.3 is 10.6 Å². The number of rotatable bonds is 4. The number of thiazole rings is 1. The van der Waals surface area contributed by atoms with E-state index in [0.717, 1.165) is 36.5 Å². The predicted octanol–water partition coefficient (Wildman–Crippen LogP) is 2.30. The normalized spacial score (nSPS) is 22.2. The number of carbonyl (C=O) groups is 1. The summed E-state index contributed by atoms with van der Waals surface area (Å²) in [5, 5.41) is 7.32. The number of fused-ring (bicyclic) bond motifs is 1. The topological polar surface area (TPSA) is 54.0 Å². The zero-order valence-electron chi connectivity index (χ0n) is 11.6. The SMILES string of the molecule is CCC1(C(=O)NCc2nc3ccccc3s2)CCNC1. The van der Waals surface area contributed by atoms with Crippen LogP contribution in [0.5, 0.6) is 0 Å². The number of amides is 1. The number of hydrogen-bond acceptors (Lipinski definition) is 4. The van der Waals surface area contributed by atoms with Gasteiger partial charge in [-0.3, -0.25) is 4.79 Å². The molecule has 1 saturated heterocycles. The molecule has 1 fully saturated rings. The van der Waals surface area contributed by atoms with Crippen LogP contribution in [-0.4, -0.2) is 24.0 Å². The molecule has 4 nitrogen and oxygen atoms in total. The lowest BCUT2D eigenvalue weighted by atomic mass is 9.83. The van der Waals surface area contributed by atoms with E-state index in [2.05, 4.69) is 28.6 Å². The molecule has 1 aromatic carbocycles. The third-order valence-electron chi connectivity index (χ3n) is 4.14. The summed E-state index contributed by atoms with van der Waals surface area (Å²) in [6.07, 6.45) is 1.81. The monoisotopic (exact) mass is 289 g/mol. The molecular weight excluding hydrogens is 270 g/mol. The standard InChI is InChI=1S/C15H19N3OS/c1-2-15(7-8-16-10-15)14(19)17-9-13-18-11-5-3-4-6-12(11)20-13/h3-6,16H,2,7-10H2,1H3,(H,17,19). The lowest BCUT2D eigenvalue weighted by Crippen LogP contribution is -2.41. The highest BCUT2D eigenvalue weighted by Gasteiger charge is 2.39. The highest BCUT2D eigenvalue weighted by Crippen LogP contribution is 2.30. The van der Waals surface area contributed by atoms with Crippen LogP contribution in [0.25, 0.3) is 10.2 Å². The number of nitrogens with zero attached hydrogens (tertiary/aromatic N) is 1. The highest BCUT2D eigenvalue weighted by molar-refractivity contribution is 7.18. The largest absolute Gasteiger partial charge is 0.349 e. The molecule has 1 aliphatic heterocycles. The van der Waals surface area contributed by atoms with Crippen molar-refractivity contribution in [3.05, 3.63) is 29.3 Å². The van der Waals surface area contributed by atoms with E-state index in [4.69, 9.17) is 0 Å². The number of nitrogens with one attached hydrogen (secondary N) is 2. The summed E-state index contributed by atoms with van der Waals surface area (Å²) in [7, 11) is 0. The maximum atomic E-state index is 12.4. The first-order chi connectivity index (χ1) is 9.73. The molecular formula is C15H19N3OS.